The summed E-state index contributed by atoms with van der Waals surface area (Å²) in [6.07, 6.45) is 2.59. The van der Waals surface area contributed by atoms with E-state index in [1.54, 1.807) is 0 Å². The Balaban J connectivity index is 1.68. The lowest BCUT2D eigenvalue weighted by molar-refractivity contribution is 0.292. The minimum Gasteiger partial charge on any atom is -0.491 e. The second-order valence-electron chi connectivity index (χ2n) is 4.45. The molecule has 1 N–H and O–H groups in total. The summed E-state index contributed by atoms with van der Waals surface area (Å²) in [6.45, 7) is 0.795. The van der Waals surface area contributed by atoms with Crippen molar-refractivity contribution in [3.8, 4) is 5.75 Å². The lowest BCUT2D eigenvalue weighted by Crippen LogP contribution is -2.36. The molecule has 2 aliphatic rings. The maximum Gasteiger partial charge on any atom is 0.124 e. The van der Waals surface area contributed by atoms with Gasteiger partial charge in [-0.25, -0.2) is 0 Å². The van der Waals surface area contributed by atoms with E-state index in [4.69, 9.17) is 4.74 Å². The van der Waals surface area contributed by atoms with E-state index in [1.807, 2.05) is 6.07 Å². The number of rotatable bonds is 2. The number of ether oxygens (including phenoxy) is 1. The molecule has 0 radical (unpaired) electrons. The van der Waals surface area contributed by atoms with Gasteiger partial charge in [0.05, 0.1) is 6.04 Å². The first-order valence-electron chi connectivity index (χ1n) is 5.99. The zero-order valence-electron chi connectivity index (χ0n) is 9.32. The van der Waals surface area contributed by atoms with E-state index >= 15 is 0 Å². The van der Waals surface area contributed by atoms with Crippen molar-refractivity contribution in [2.75, 3.05) is 18.1 Å². The average molecular weight is 235 g/mol. The molecule has 1 unspecified atom stereocenters. The lowest BCUT2D eigenvalue weighted by atomic mass is 10.1. The molecule has 1 aromatic rings. The topological polar surface area (TPSA) is 21.3 Å². The summed E-state index contributed by atoms with van der Waals surface area (Å²) in [4.78, 5) is 0. The summed E-state index contributed by atoms with van der Waals surface area (Å²) < 4.78 is 5.68. The number of hydrogen-bond acceptors (Lipinski definition) is 3. The molecule has 3 heteroatoms. The van der Waals surface area contributed by atoms with Crippen LogP contribution in [0.4, 0.5) is 0 Å². The zero-order valence-corrected chi connectivity index (χ0v) is 10.1. The van der Waals surface area contributed by atoms with Crippen LogP contribution in [0.25, 0.3) is 0 Å². The summed E-state index contributed by atoms with van der Waals surface area (Å²) in [6, 6.07) is 9.47. The van der Waals surface area contributed by atoms with Crippen molar-refractivity contribution >= 4 is 11.8 Å². The summed E-state index contributed by atoms with van der Waals surface area (Å²) >= 11 is 2.07. The summed E-state index contributed by atoms with van der Waals surface area (Å²) in [5.74, 6) is 3.66. The first kappa shape index (κ1) is 10.5. The summed E-state index contributed by atoms with van der Waals surface area (Å²) in [7, 11) is 0. The first-order chi connectivity index (χ1) is 7.93. The van der Waals surface area contributed by atoms with Crippen LogP contribution in [0.2, 0.25) is 0 Å². The Kier molecular flexibility index (Phi) is 3.06. The second-order valence-corrected chi connectivity index (χ2v) is 5.68. The SMILES string of the molecule is c1ccc2c(c1)OCC2NC1CCSCC1. The monoisotopic (exact) mass is 235 g/mol. The molecule has 3 rings (SSSR count). The van der Waals surface area contributed by atoms with Crippen LogP contribution >= 0.6 is 11.8 Å². The van der Waals surface area contributed by atoms with E-state index < -0.39 is 0 Å². The second kappa shape index (κ2) is 4.68. The molecular weight excluding hydrogens is 218 g/mol. The van der Waals surface area contributed by atoms with Crippen molar-refractivity contribution < 1.29 is 4.74 Å². The van der Waals surface area contributed by atoms with E-state index in [9.17, 15) is 0 Å². The van der Waals surface area contributed by atoms with Gasteiger partial charge < -0.3 is 10.1 Å². The van der Waals surface area contributed by atoms with E-state index in [2.05, 4.69) is 35.3 Å². The van der Waals surface area contributed by atoms with Crippen molar-refractivity contribution in [2.45, 2.75) is 24.9 Å². The predicted octanol–water partition coefficient (Wildman–Crippen LogP) is 2.61. The Bertz CT molecular complexity index is 363. The number of hydrogen-bond donors (Lipinski definition) is 1. The van der Waals surface area contributed by atoms with Gasteiger partial charge in [-0.15, -0.1) is 0 Å². The quantitative estimate of drug-likeness (QED) is 0.851. The smallest absolute Gasteiger partial charge is 0.124 e. The number of fused-ring (bicyclic) bond motifs is 1. The van der Waals surface area contributed by atoms with Crippen LogP contribution in [-0.4, -0.2) is 24.2 Å². The van der Waals surface area contributed by atoms with Crippen LogP contribution in [-0.2, 0) is 0 Å². The van der Waals surface area contributed by atoms with Crippen molar-refractivity contribution in [2.24, 2.45) is 0 Å². The standard InChI is InChI=1S/C13H17NOS/c1-2-4-13-11(3-1)12(9-15-13)14-10-5-7-16-8-6-10/h1-4,10,12,14H,5-9H2. The van der Waals surface area contributed by atoms with Gasteiger partial charge in [0.2, 0.25) is 0 Å². The molecule has 16 heavy (non-hydrogen) atoms. The fraction of sp³-hybridized carbons (Fsp3) is 0.538. The van der Waals surface area contributed by atoms with Crippen LogP contribution in [0.5, 0.6) is 5.75 Å². The van der Waals surface area contributed by atoms with Crippen molar-refractivity contribution in [1.82, 2.24) is 5.32 Å². The van der Waals surface area contributed by atoms with Gasteiger partial charge in [-0.05, 0) is 30.4 Å². The molecule has 0 bridgehead atoms. The molecule has 0 amide bonds. The highest BCUT2D eigenvalue weighted by Crippen LogP contribution is 2.32. The summed E-state index contributed by atoms with van der Waals surface area (Å²) in [5.41, 5.74) is 1.33. The van der Waals surface area contributed by atoms with E-state index in [-0.39, 0.29) is 0 Å². The minimum atomic E-state index is 0.407. The molecular formula is C13H17NOS. The molecule has 1 aromatic carbocycles. The molecule has 2 aliphatic heterocycles. The molecule has 2 heterocycles. The van der Waals surface area contributed by atoms with Gasteiger partial charge in [-0.2, -0.15) is 11.8 Å². The first-order valence-corrected chi connectivity index (χ1v) is 7.14. The van der Waals surface area contributed by atoms with Crippen molar-refractivity contribution in [3.05, 3.63) is 29.8 Å². The maximum atomic E-state index is 5.68. The van der Waals surface area contributed by atoms with Crippen LogP contribution in [0.1, 0.15) is 24.4 Å². The highest BCUT2D eigenvalue weighted by Gasteiger charge is 2.26. The molecule has 1 atom stereocenters. The largest absolute Gasteiger partial charge is 0.491 e. The molecule has 0 spiro atoms. The van der Waals surface area contributed by atoms with Crippen molar-refractivity contribution in [3.63, 3.8) is 0 Å². The molecule has 1 saturated heterocycles. The maximum absolute atomic E-state index is 5.68. The third-order valence-corrected chi connectivity index (χ3v) is 4.41. The minimum absolute atomic E-state index is 0.407. The third kappa shape index (κ3) is 2.06. The van der Waals surface area contributed by atoms with E-state index in [0.29, 0.717) is 12.1 Å². The zero-order chi connectivity index (χ0) is 10.8. The Labute approximate surface area is 101 Å². The normalized spacial score (nSPS) is 25.1. The van der Waals surface area contributed by atoms with Gasteiger partial charge in [-0.1, -0.05) is 18.2 Å². The van der Waals surface area contributed by atoms with Gasteiger partial charge in [-0.3, -0.25) is 0 Å². The van der Waals surface area contributed by atoms with Gasteiger partial charge in [0.15, 0.2) is 0 Å². The van der Waals surface area contributed by atoms with E-state index in [1.165, 1.54) is 29.9 Å². The predicted molar refractivity (Wildman–Crippen MR) is 68.2 cm³/mol. The fourth-order valence-corrected chi connectivity index (χ4v) is 3.56. The molecule has 0 aromatic heterocycles. The molecule has 86 valence electrons. The molecule has 0 aliphatic carbocycles. The van der Waals surface area contributed by atoms with Crippen molar-refractivity contribution in [1.29, 1.82) is 0 Å². The Hall–Kier alpha value is -0.670. The van der Waals surface area contributed by atoms with Gasteiger partial charge >= 0.3 is 0 Å². The Morgan fingerprint density at radius 2 is 2.00 bits per heavy atom. The lowest BCUT2D eigenvalue weighted by Gasteiger charge is -2.25. The van der Waals surface area contributed by atoms with Crippen LogP contribution in [0.3, 0.4) is 0 Å². The van der Waals surface area contributed by atoms with Gasteiger partial charge in [0.25, 0.3) is 0 Å². The summed E-state index contributed by atoms with van der Waals surface area (Å²) in [5, 5.41) is 3.74. The molecule has 0 saturated carbocycles. The number of nitrogens with one attached hydrogen (secondary N) is 1. The van der Waals surface area contributed by atoms with Crippen LogP contribution in [0.15, 0.2) is 24.3 Å². The third-order valence-electron chi connectivity index (χ3n) is 3.36. The molecule has 2 nitrogen and oxygen atoms in total. The fourth-order valence-electron chi connectivity index (χ4n) is 2.45. The van der Waals surface area contributed by atoms with Crippen LogP contribution < -0.4 is 10.1 Å². The molecule has 1 fully saturated rings. The number of thioether (sulfide) groups is 1. The highest BCUT2D eigenvalue weighted by atomic mass is 32.2. The van der Waals surface area contributed by atoms with Gasteiger partial charge in [0, 0.05) is 11.6 Å². The Morgan fingerprint density at radius 3 is 2.88 bits per heavy atom. The Morgan fingerprint density at radius 1 is 1.19 bits per heavy atom. The van der Waals surface area contributed by atoms with E-state index in [0.717, 1.165) is 12.4 Å². The number of benzene rings is 1. The average Bonchev–Trinajstić information content (AvgIpc) is 2.74. The van der Waals surface area contributed by atoms with Gasteiger partial charge in [0.1, 0.15) is 12.4 Å². The highest BCUT2D eigenvalue weighted by molar-refractivity contribution is 7.99. The van der Waals surface area contributed by atoms with Crippen LogP contribution in [0, 0.1) is 0 Å². The number of para-hydroxylation sites is 1.